The van der Waals surface area contributed by atoms with Gasteiger partial charge in [0.05, 0.1) is 6.54 Å². The van der Waals surface area contributed by atoms with E-state index in [-0.39, 0.29) is 28.2 Å². The fourth-order valence-corrected chi connectivity index (χ4v) is 5.76. The number of rotatable bonds is 6. The number of primary sulfonamides is 1. The normalized spacial score (nSPS) is 17.4. The average molecular weight is 553 g/mol. The van der Waals surface area contributed by atoms with Gasteiger partial charge in [0.1, 0.15) is 4.21 Å². The molecule has 1 atom stereocenters. The smallest absolute Gasteiger partial charge is 0.247 e. The minimum absolute atomic E-state index is 0. The Morgan fingerprint density at radius 3 is 2.71 bits per heavy atom. The summed E-state index contributed by atoms with van der Waals surface area (Å²) in [5, 5.41) is 8.50. The summed E-state index contributed by atoms with van der Waals surface area (Å²) in [6.07, 6.45) is 1.15. The summed E-state index contributed by atoms with van der Waals surface area (Å²) in [4.78, 5) is 8.87. The van der Waals surface area contributed by atoms with Gasteiger partial charge >= 0.3 is 0 Å². The second kappa shape index (κ2) is 10.8. The minimum Gasteiger partial charge on any atom is -0.351 e. The molecule has 3 rings (SSSR count). The third-order valence-corrected chi connectivity index (χ3v) is 8.13. The molecule has 0 aliphatic carbocycles. The molecule has 0 saturated carbocycles. The number of likely N-dealkylation sites (tertiary alicyclic amines) is 1. The molecule has 28 heavy (non-hydrogen) atoms. The molecule has 1 fully saturated rings. The highest BCUT2D eigenvalue weighted by atomic mass is 127. The first kappa shape index (κ1) is 23.5. The van der Waals surface area contributed by atoms with E-state index in [1.165, 1.54) is 16.2 Å². The van der Waals surface area contributed by atoms with Crippen molar-refractivity contribution in [3.05, 3.63) is 47.3 Å². The van der Waals surface area contributed by atoms with E-state index in [1.54, 1.807) is 19.2 Å². The zero-order chi connectivity index (χ0) is 19.3. The number of nitrogens with zero attached hydrogens (tertiary/aromatic N) is 2. The second-order valence-corrected chi connectivity index (χ2v) is 10.4. The first-order valence-electron chi connectivity index (χ1n) is 8.70. The Balaban J connectivity index is 0.00000280. The molecule has 2 heterocycles. The van der Waals surface area contributed by atoms with Crippen LogP contribution in [0.5, 0.6) is 0 Å². The molecule has 0 spiro atoms. The van der Waals surface area contributed by atoms with Gasteiger partial charge in [-0.2, -0.15) is 0 Å². The molecule has 1 aromatic carbocycles. The molecule has 1 aliphatic rings. The molecule has 2 aromatic rings. The van der Waals surface area contributed by atoms with Crippen molar-refractivity contribution in [1.82, 2.24) is 10.2 Å². The van der Waals surface area contributed by atoms with E-state index in [9.17, 15) is 8.42 Å². The topological polar surface area (TPSA) is 87.8 Å². The highest BCUT2D eigenvalue weighted by Gasteiger charge is 2.25. The molecule has 6 nitrogen and oxygen atoms in total. The number of hydrogen-bond donors (Lipinski definition) is 2. The average Bonchev–Trinajstić information content (AvgIpc) is 3.31. The van der Waals surface area contributed by atoms with E-state index < -0.39 is 10.0 Å². The number of guanidine groups is 1. The van der Waals surface area contributed by atoms with E-state index in [0.29, 0.717) is 12.5 Å². The predicted octanol–water partition coefficient (Wildman–Crippen LogP) is 3.20. The standard InChI is InChI=1S/C18H24N4O2S3.HI/c1-20-18(21-11-16-7-8-17(26-16)27(19,23)24)22-10-9-14(12-22)13-25-15-5-3-2-4-6-15;/h2-8,14H,9-13H2,1H3,(H,20,21)(H2,19,23,24);1H. The molecule has 0 amide bonds. The van der Waals surface area contributed by atoms with E-state index in [0.717, 1.165) is 36.1 Å². The van der Waals surface area contributed by atoms with Crippen LogP contribution in [0.25, 0.3) is 0 Å². The summed E-state index contributed by atoms with van der Waals surface area (Å²) < 4.78 is 23.0. The molecule has 0 bridgehead atoms. The van der Waals surface area contributed by atoms with Gasteiger partial charge in [-0.15, -0.1) is 47.1 Å². The van der Waals surface area contributed by atoms with Gasteiger partial charge < -0.3 is 10.2 Å². The molecule has 1 aliphatic heterocycles. The Bertz CT molecular complexity index is 887. The number of benzene rings is 1. The number of halogens is 1. The molecule has 1 unspecified atom stereocenters. The fourth-order valence-electron chi connectivity index (χ4n) is 3.00. The van der Waals surface area contributed by atoms with Gasteiger partial charge in [-0.3, -0.25) is 4.99 Å². The van der Waals surface area contributed by atoms with Crippen molar-refractivity contribution in [2.24, 2.45) is 16.0 Å². The largest absolute Gasteiger partial charge is 0.351 e. The van der Waals surface area contributed by atoms with E-state index >= 15 is 0 Å². The first-order chi connectivity index (χ1) is 13.0. The Hall–Kier alpha value is -0.820. The van der Waals surface area contributed by atoms with Crippen LogP contribution >= 0.6 is 47.1 Å². The van der Waals surface area contributed by atoms with Crippen molar-refractivity contribution in [2.45, 2.75) is 22.1 Å². The highest BCUT2D eigenvalue weighted by molar-refractivity contribution is 14.0. The summed E-state index contributed by atoms with van der Waals surface area (Å²) in [6.45, 7) is 2.49. The lowest BCUT2D eigenvalue weighted by atomic mass is 10.2. The quantitative estimate of drug-likeness (QED) is 0.249. The highest BCUT2D eigenvalue weighted by Crippen LogP contribution is 2.26. The SMILES string of the molecule is CN=C(NCc1ccc(S(N)(=O)=O)s1)N1CCC(CSc2ccccc2)C1.I. The van der Waals surface area contributed by atoms with Crippen LogP contribution in [0.15, 0.2) is 56.6 Å². The van der Waals surface area contributed by atoms with Crippen molar-refractivity contribution in [1.29, 1.82) is 0 Å². The van der Waals surface area contributed by atoms with E-state index in [2.05, 4.69) is 39.5 Å². The zero-order valence-corrected chi connectivity index (χ0v) is 20.4. The van der Waals surface area contributed by atoms with Crippen LogP contribution in [-0.2, 0) is 16.6 Å². The van der Waals surface area contributed by atoms with Crippen LogP contribution in [-0.4, -0.2) is 45.2 Å². The van der Waals surface area contributed by atoms with Gasteiger partial charge in [0.15, 0.2) is 5.96 Å². The third kappa shape index (κ3) is 6.61. The molecular weight excluding hydrogens is 527 g/mol. The van der Waals surface area contributed by atoms with Gasteiger partial charge in [0.2, 0.25) is 10.0 Å². The van der Waals surface area contributed by atoms with Gasteiger partial charge in [0.25, 0.3) is 0 Å². The lowest BCUT2D eigenvalue weighted by Crippen LogP contribution is -2.39. The van der Waals surface area contributed by atoms with Crippen molar-refractivity contribution in [3.63, 3.8) is 0 Å². The minimum atomic E-state index is -3.63. The Morgan fingerprint density at radius 1 is 1.32 bits per heavy atom. The van der Waals surface area contributed by atoms with Gasteiger partial charge in [-0.25, -0.2) is 13.6 Å². The van der Waals surface area contributed by atoms with Crippen molar-refractivity contribution in [2.75, 3.05) is 25.9 Å². The van der Waals surface area contributed by atoms with E-state index in [4.69, 9.17) is 5.14 Å². The zero-order valence-electron chi connectivity index (χ0n) is 15.6. The van der Waals surface area contributed by atoms with Crippen molar-refractivity contribution >= 4 is 63.1 Å². The predicted molar refractivity (Wildman–Crippen MR) is 128 cm³/mol. The summed E-state index contributed by atoms with van der Waals surface area (Å²) in [7, 11) is -1.85. The van der Waals surface area contributed by atoms with Crippen LogP contribution in [0.4, 0.5) is 0 Å². The summed E-state index contributed by atoms with van der Waals surface area (Å²) in [5.74, 6) is 2.58. The molecule has 3 N–H and O–H groups in total. The van der Waals surface area contributed by atoms with Crippen LogP contribution in [0.3, 0.4) is 0 Å². The lowest BCUT2D eigenvalue weighted by molar-refractivity contribution is 0.474. The molecular formula is C18H25IN4O2S3. The molecule has 1 aromatic heterocycles. The Morgan fingerprint density at radius 2 is 2.07 bits per heavy atom. The number of thioether (sulfide) groups is 1. The monoisotopic (exact) mass is 552 g/mol. The fraction of sp³-hybridized carbons (Fsp3) is 0.389. The molecule has 10 heteroatoms. The number of sulfonamides is 1. The summed E-state index contributed by atoms with van der Waals surface area (Å²) in [6, 6.07) is 13.8. The number of nitrogens with one attached hydrogen (secondary N) is 1. The van der Waals surface area contributed by atoms with Gasteiger partial charge in [-0.05, 0) is 36.6 Å². The maximum absolute atomic E-state index is 11.4. The van der Waals surface area contributed by atoms with Crippen LogP contribution < -0.4 is 10.5 Å². The lowest BCUT2D eigenvalue weighted by Gasteiger charge is -2.21. The number of hydrogen-bond acceptors (Lipinski definition) is 5. The summed E-state index contributed by atoms with van der Waals surface area (Å²) in [5.41, 5.74) is 0. The molecule has 154 valence electrons. The maximum Gasteiger partial charge on any atom is 0.247 e. The number of thiophene rings is 1. The third-order valence-electron chi connectivity index (χ3n) is 4.36. The van der Waals surface area contributed by atoms with Crippen LogP contribution in [0.2, 0.25) is 0 Å². The molecule has 0 radical (unpaired) electrons. The number of nitrogens with two attached hydrogens (primary N) is 1. The van der Waals surface area contributed by atoms with Crippen molar-refractivity contribution in [3.8, 4) is 0 Å². The summed E-state index contributed by atoms with van der Waals surface area (Å²) >= 11 is 3.09. The van der Waals surface area contributed by atoms with Gasteiger partial charge in [0, 0.05) is 35.7 Å². The first-order valence-corrected chi connectivity index (χ1v) is 12.1. The van der Waals surface area contributed by atoms with Crippen LogP contribution in [0, 0.1) is 5.92 Å². The Kier molecular flexibility index (Phi) is 9.06. The van der Waals surface area contributed by atoms with Crippen LogP contribution in [0.1, 0.15) is 11.3 Å². The molecule has 1 saturated heterocycles. The number of aliphatic imine (C=N–C) groups is 1. The Labute approximate surface area is 192 Å². The van der Waals surface area contributed by atoms with Crippen molar-refractivity contribution < 1.29 is 8.42 Å². The maximum atomic E-state index is 11.4. The van der Waals surface area contributed by atoms with E-state index in [1.807, 2.05) is 17.8 Å². The second-order valence-electron chi connectivity index (χ2n) is 6.39. The van der Waals surface area contributed by atoms with Gasteiger partial charge in [-0.1, -0.05) is 18.2 Å².